The Hall–Kier alpha value is -2.13. The van der Waals surface area contributed by atoms with Crippen molar-refractivity contribution in [2.24, 2.45) is 0 Å². The summed E-state index contributed by atoms with van der Waals surface area (Å²) in [5, 5.41) is 0. The van der Waals surface area contributed by atoms with Gasteiger partial charge in [-0.1, -0.05) is 48.5 Å². The van der Waals surface area contributed by atoms with Gasteiger partial charge in [0.05, 0.1) is 5.92 Å². The minimum atomic E-state index is -0.124. The van der Waals surface area contributed by atoms with E-state index in [9.17, 15) is 4.79 Å². The summed E-state index contributed by atoms with van der Waals surface area (Å²) in [7, 11) is 0. The molecule has 0 aromatic heterocycles. The predicted molar refractivity (Wildman–Crippen MR) is 104 cm³/mol. The fourth-order valence-electron chi connectivity index (χ4n) is 5.17. The van der Waals surface area contributed by atoms with Crippen LogP contribution in [0.25, 0.3) is 11.1 Å². The number of amides is 1. The Morgan fingerprint density at radius 2 is 1.46 bits per heavy atom. The third kappa shape index (κ3) is 2.57. The number of fused-ring (bicyclic) bond motifs is 3. The summed E-state index contributed by atoms with van der Waals surface area (Å²) < 4.78 is 0. The molecule has 134 valence electrons. The van der Waals surface area contributed by atoms with Crippen LogP contribution in [-0.4, -0.2) is 47.9 Å². The molecule has 5 rings (SSSR count). The van der Waals surface area contributed by atoms with Crippen LogP contribution in [0.2, 0.25) is 0 Å². The van der Waals surface area contributed by atoms with Crippen molar-refractivity contribution in [1.29, 1.82) is 0 Å². The van der Waals surface area contributed by atoms with Crippen LogP contribution in [0, 0.1) is 0 Å². The maximum Gasteiger partial charge on any atom is 0.234 e. The van der Waals surface area contributed by atoms with E-state index in [2.05, 4.69) is 58.3 Å². The van der Waals surface area contributed by atoms with Crippen LogP contribution in [0.15, 0.2) is 48.5 Å². The van der Waals surface area contributed by atoms with Crippen LogP contribution < -0.4 is 0 Å². The summed E-state index contributed by atoms with van der Waals surface area (Å²) in [6.07, 6.45) is 4.91. The number of carbonyl (C=O) groups is 1. The number of carbonyl (C=O) groups excluding carboxylic acids is 1. The lowest BCUT2D eigenvalue weighted by atomic mass is 9.95. The number of hydrogen-bond donors (Lipinski definition) is 0. The second-order valence-corrected chi connectivity index (χ2v) is 7.94. The van der Waals surface area contributed by atoms with Crippen molar-refractivity contribution in [3.63, 3.8) is 0 Å². The third-order valence-corrected chi connectivity index (χ3v) is 6.41. The Morgan fingerprint density at radius 1 is 0.846 bits per heavy atom. The second kappa shape index (κ2) is 6.55. The van der Waals surface area contributed by atoms with Gasteiger partial charge in [0.15, 0.2) is 0 Å². The molecule has 3 heteroatoms. The highest BCUT2D eigenvalue weighted by Gasteiger charge is 2.39. The molecule has 3 nitrogen and oxygen atoms in total. The largest absolute Gasteiger partial charge is 0.338 e. The zero-order valence-corrected chi connectivity index (χ0v) is 15.2. The molecule has 0 radical (unpaired) electrons. The molecule has 0 bridgehead atoms. The average Bonchev–Trinajstić information content (AvgIpc) is 3.40. The van der Waals surface area contributed by atoms with Gasteiger partial charge in [-0.05, 0) is 61.0 Å². The second-order valence-electron chi connectivity index (χ2n) is 7.94. The van der Waals surface area contributed by atoms with Gasteiger partial charge in [-0.3, -0.25) is 4.79 Å². The summed E-state index contributed by atoms with van der Waals surface area (Å²) in [5.41, 5.74) is 4.84. The van der Waals surface area contributed by atoms with Crippen LogP contribution in [0.3, 0.4) is 0 Å². The van der Waals surface area contributed by atoms with Crippen LogP contribution in [0.5, 0.6) is 0 Å². The first-order valence-corrected chi connectivity index (χ1v) is 10.0. The molecule has 1 amide bonds. The maximum atomic E-state index is 13.7. The van der Waals surface area contributed by atoms with Gasteiger partial charge in [-0.2, -0.15) is 0 Å². The van der Waals surface area contributed by atoms with E-state index >= 15 is 0 Å². The van der Waals surface area contributed by atoms with Gasteiger partial charge < -0.3 is 9.80 Å². The molecule has 0 saturated carbocycles. The molecule has 1 aliphatic carbocycles. The molecule has 0 N–H and O–H groups in total. The molecule has 2 saturated heterocycles. The Labute approximate surface area is 155 Å². The number of likely N-dealkylation sites (tertiary alicyclic amines) is 2. The van der Waals surface area contributed by atoms with Gasteiger partial charge in [0.1, 0.15) is 0 Å². The normalized spacial score (nSPS) is 22.6. The zero-order chi connectivity index (χ0) is 17.5. The van der Waals surface area contributed by atoms with Crippen LogP contribution in [0.1, 0.15) is 42.7 Å². The lowest BCUT2D eigenvalue weighted by Crippen LogP contribution is -2.44. The molecule has 3 aliphatic rings. The van der Waals surface area contributed by atoms with E-state index in [-0.39, 0.29) is 5.92 Å². The molecule has 26 heavy (non-hydrogen) atoms. The first-order chi connectivity index (χ1) is 12.8. The van der Waals surface area contributed by atoms with Crippen molar-refractivity contribution in [2.75, 3.05) is 26.2 Å². The molecule has 2 aromatic rings. The molecule has 2 heterocycles. The summed E-state index contributed by atoms with van der Waals surface area (Å²) >= 11 is 0. The lowest BCUT2D eigenvalue weighted by Gasteiger charge is -2.31. The van der Waals surface area contributed by atoms with E-state index in [1.165, 1.54) is 48.2 Å². The molecule has 2 aromatic carbocycles. The molecular weight excluding hydrogens is 320 g/mol. The van der Waals surface area contributed by atoms with Crippen molar-refractivity contribution in [2.45, 2.75) is 37.6 Å². The monoisotopic (exact) mass is 346 g/mol. The number of benzene rings is 2. The van der Waals surface area contributed by atoms with Crippen LogP contribution in [-0.2, 0) is 4.79 Å². The smallest absolute Gasteiger partial charge is 0.234 e. The number of rotatable bonds is 3. The van der Waals surface area contributed by atoms with Gasteiger partial charge in [0.2, 0.25) is 5.91 Å². The van der Waals surface area contributed by atoms with Gasteiger partial charge in [0, 0.05) is 19.1 Å². The Morgan fingerprint density at radius 3 is 2.12 bits per heavy atom. The Bertz CT molecular complexity index is 779. The van der Waals surface area contributed by atoms with Crippen molar-refractivity contribution in [1.82, 2.24) is 9.80 Å². The Kier molecular flexibility index (Phi) is 4.05. The zero-order valence-electron chi connectivity index (χ0n) is 15.2. The van der Waals surface area contributed by atoms with E-state index < -0.39 is 0 Å². The van der Waals surface area contributed by atoms with E-state index in [0.717, 1.165) is 25.9 Å². The standard InChI is InChI=1S/C23H26N2O/c26-23(25-15-7-8-17(25)16-24-13-5-6-14-24)22-20-11-3-1-9-18(20)19-10-2-4-12-21(19)22/h1-4,9-12,17,22H,5-8,13-16H2/t17-/m0/s1. The lowest BCUT2D eigenvalue weighted by molar-refractivity contribution is -0.132. The number of nitrogens with zero attached hydrogens (tertiary/aromatic N) is 2. The van der Waals surface area contributed by atoms with Crippen LogP contribution in [0.4, 0.5) is 0 Å². The minimum absolute atomic E-state index is 0.124. The van der Waals surface area contributed by atoms with E-state index in [4.69, 9.17) is 0 Å². The van der Waals surface area contributed by atoms with Gasteiger partial charge in [-0.25, -0.2) is 0 Å². The molecule has 0 unspecified atom stereocenters. The Balaban J connectivity index is 1.46. The van der Waals surface area contributed by atoms with Crippen LogP contribution >= 0.6 is 0 Å². The molecule has 1 atom stereocenters. The molecular formula is C23H26N2O. The first-order valence-electron chi connectivity index (χ1n) is 10.0. The average molecular weight is 346 g/mol. The topological polar surface area (TPSA) is 23.6 Å². The number of hydrogen-bond acceptors (Lipinski definition) is 2. The van der Waals surface area contributed by atoms with E-state index in [0.29, 0.717) is 11.9 Å². The summed E-state index contributed by atoms with van der Waals surface area (Å²) in [6.45, 7) is 4.38. The maximum absolute atomic E-state index is 13.7. The predicted octanol–water partition coefficient (Wildman–Crippen LogP) is 3.89. The molecule has 0 spiro atoms. The summed E-state index contributed by atoms with van der Waals surface area (Å²) in [4.78, 5) is 18.4. The fourth-order valence-corrected chi connectivity index (χ4v) is 5.17. The summed E-state index contributed by atoms with van der Waals surface area (Å²) in [6, 6.07) is 17.3. The van der Waals surface area contributed by atoms with Gasteiger partial charge in [-0.15, -0.1) is 0 Å². The van der Waals surface area contributed by atoms with E-state index in [1.807, 2.05) is 0 Å². The van der Waals surface area contributed by atoms with E-state index in [1.54, 1.807) is 0 Å². The third-order valence-electron chi connectivity index (χ3n) is 6.41. The van der Waals surface area contributed by atoms with Gasteiger partial charge in [0.25, 0.3) is 0 Å². The van der Waals surface area contributed by atoms with Crippen molar-refractivity contribution in [3.8, 4) is 11.1 Å². The first kappa shape index (κ1) is 16.1. The molecule has 2 aliphatic heterocycles. The highest BCUT2D eigenvalue weighted by atomic mass is 16.2. The van der Waals surface area contributed by atoms with Gasteiger partial charge >= 0.3 is 0 Å². The van der Waals surface area contributed by atoms with Crippen molar-refractivity contribution >= 4 is 5.91 Å². The van der Waals surface area contributed by atoms with Crippen molar-refractivity contribution < 1.29 is 4.79 Å². The quantitative estimate of drug-likeness (QED) is 0.842. The molecule has 2 fully saturated rings. The van der Waals surface area contributed by atoms with Crippen molar-refractivity contribution in [3.05, 3.63) is 59.7 Å². The summed E-state index contributed by atoms with van der Waals surface area (Å²) in [5.74, 6) is 0.186. The fraction of sp³-hybridized carbons (Fsp3) is 0.435. The minimum Gasteiger partial charge on any atom is -0.338 e. The highest BCUT2D eigenvalue weighted by Crippen LogP contribution is 2.46. The SMILES string of the molecule is O=C(C1c2ccccc2-c2ccccc21)N1CCC[C@H]1CN1CCCC1. The highest BCUT2D eigenvalue weighted by molar-refractivity contribution is 5.96.